The second-order valence-corrected chi connectivity index (χ2v) is 7.46. The van der Waals surface area contributed by atoms with Crippen molar-refractivity contribution in [2.75, 3.05) is 0 Å². The molecular formula is C23H16ClN3O5. The lowest BCUT2D eigenvalue weighted by molar-refractivity contribution is -0.384. The highest BCUT2D eigenvalue weighted by atomic mass is 35.5. The van der Waals surface area contributed by atoms with Gasteiger partial charge in [0.05, 0.1) is 15.9 Å². The van der Waals surface area contributed by atoms with E-state index in [1.54, 1.807) is 36.4 Å². The van der Waals surface area contributed by atoms with Gasteiger partial charge >= 0.3 is 0 Å². The molecular weight excluding hydrogens is 434 g/mol. The molecule has 1 aliphatic rings. The number of benzene rings is 3. The molecule has 0 unspecified atom stereocenters. The van der Waals surface area contributed by atoms with Gasteiger partial charge in [0.1, 0.15) is 35.5 Å². The highest BCUT2D eigenvalue weighted by Gasteiger charge is 2.31. The molecule has 160 valence electrons. The molecule has 4 rings (SSSR count). The summed E-state index contributed by atoms with van der Waals surface area (Å²) in [6.45, 7) is 0.173. The highest BCUT2D eigenvalue weighted by molar-refractivity contribution is 6.32. The SMILES string of the molecule is N#CC1=C(N)Oc2cc(O)ccc2[C@H]1c1ccc(OCc2ccc([N+](=O)[O-])cc2)c(Cl)c1. The molecule has 1 aliphatic heterocycles. The lowest BCUT2D eigenvalue weighted by Crippen LogP contribution is -2.21. The molecule has 8 nitrogen and oxygen atoms in total. The van der Waals surface area contributed by atoms with Crippen molar-refractivity contribution in [2.24, 2.45) is 5.73 Å². The Morgan fingerprint density at radius 1 is 1.19 bits per heavy atom. The van der Waals surface area contributed by atoms with Crippen LogP contribution in [0.15, 0.2) is 72.1 Å². The molecule has 0 bridgehead atoms. The van der Waals surface area contributed by atoms with Crippen molar-refractivity contribution in [1.29, 1.82) is 5.26 Å². The van der Waals surface area contributed by atoms with Crippen LogP contribution in [-0.2, 0) is 6.61 Å². The van der Waals surface area contributed by atoms with E-state index in [1.165, 1.54) is 24.3 Å². The van der Waals surface area contributed by atoms with Crippen molar-refractivity contribution in [3.8, 4) is 23.3 Å². The van der Waals surface area contributed by atoms with E-state index in [1.807, 2.05) is 0 Å². The van der Waals surface area contributed by atoms with Gasteiger partial charge < -0.3 is 20.3 Å². The third-order valence-corrected chi connectivity index (χ3v) is 5.33. The molecule has 0 fully saturated rings. The maximum absolute atomic E-state index is 10.8. The average Bonchev–Trinajstić information content (AvgIpc) is 2.77. The fraction of sp³-hybridized carbons (Fsp3) is 0.0870. The van der Waals surface area contributed by atoms with Crippen LogP contribution in [0, 0.1) is 21.4 Å². The molecule has 0 spiro atoms. The summed E-state index contributed by atoms with van der Waals surface area (Å²) in [4.78, 5) is 10.3. The number of phenolic OH excluding ortho intramolecular Hbond substituents is 1. The van der Waals surface area contributed by atoms with Gasteiger partial charge in [-0.1, -0.05) is 23.7 Å². The predicted molar refractivity (Wildman–Crippen MR) is 116 cm³/mol. The lowest BCUT2D eigenvalue weighted by atomic mass is 9.83. The number of rotatable bonds is 5. The Morgan fingerprint density at radius 3 is 2.59 bits per heavy atom. The number of halogens is 1. The van der Waals surface area contributed by atoms with Crippen LogP contribution in [0.5, 0.6) is 17.2 Å². The zero-order chi connectivity index (χ0) is 22.8. The standard InChI is InChI=1S/C23H16ClN3O5/c24-19-9-14(3-8-20(19)31-12-13-1-4-15(5-2-13)27(29)30)22-17-7-6-16(28)10-21(17)32-23(26)18(22)11-25/h1-10,22,28H,12,26H2/t22-/m1/s1. The zero-order valence-corrected chi connectivity index (χ0v) is 17.2. The van der Waals surface area contributed by atoms with Crippen LogP contribution in [0.1, 0.15) is 22.6 Å². The average molecular weight is 450 g/mol. The summed E-state index contributed by atoms with van der Waals surface area (Å²) in [6.07, 6.45) is 0. The van der Waals surface area contributed by atoms with Crippen LogP contribution in [0.25, 0.3) is 0 Å². The minimum absolute atomic E-state index is 0.00169. The molecule has 3 N–H and O–H groups in total. The molecule has 0 aromatic heterocycles. The zero-order valence-electron chi connectivity index (χ0n) is 16.5. The highest BCUT2D eigenvalue weighted by Crippen LogP contribution is 2.44. The van der Waals surface area contributed by atoms with Crippen LogP contribution >= 0.6 is 11.6 Å². The first-order valence-corrected chi connectivity index (χ1v) is 9.81. The molecule has 0 saturated carbocycles. The fourth-order valence-corrected chi connectivity index (χ4v) is 3.72. The van der Waals surface area contributed by atoms with Crippen molar-refractivity contribution in [3.05, 3.63) is 104 Å². The number of aromatic hydroxyl groups is 1. The molecule has 0 aliphatic carbocycles. The van der Waals surface area contributed by atoms with Crippen LogP contribution in [-0.4, -0.2) is 10.0 Å². The Hall–Kier alpha value is -4.22. The first kappa shape index (κ1) is 21.0. The van der Waals surface area contributed by atoms with E-state index in [2.05, 4.69) is 6.07 Å². The van der Waals surface area contributed by atoms with Crippen LogP contribution in [0.4, 0.5) is 5.69 Å². The maximum Gasteiger partial charge on any atom is 0.269 e. The summed E-state index contributed by atoms with van der Waals surface area (Å²) in [5.41, 5.74) is 8.30. The van der Waals surface area contributed by atoms with Crippen molar-refractivity contribution in [1.82, 2.24) is 0 Å². The largest absolute Gasteiger partial charge is 0.508 e. The van der Waals surface area contributed by atoms with Crippen molar-refractivity contribution in [2.45, 2.75) is 12.5 Å². The Balaban J connectivity index is 1.60. The third-order valence-electron chi connectivity index (χ3n) is 5.03. The Morgan fingerprint density at radius 2 is 1.94 bits per heavy atom. The molecule has 1 atom stereocenters. The van der Waals surface area contributed by atoms with Crippen LogP contribution in [0.2, 0.25) is 5.02 Å². The van der Waals surface area contributed by atoms with Gasteiger partial charge in [0.2, 0.25) is 5.88 Å². The van der Waals surface area contributed by atoms with Crippen molar-refractivity contribution < 1.29 is 19.5 Å². The van der Waals surface area contributed by atoms with E-state index < -0.39 is 10.8 Å². The second kappa shape index (κ2) is 8.49. The summed E-state index contributed by atoms with van der Waals surface area (Å²) in [6, 6.07) is 17.9. The minimum Gasteiger partial charge on any atom is -0.508 e. The summed E-state index contributed by atoms with van der Waals surface area (Å²) < 4.78 is 11.3. The molecule has 32 heavy (non-hydrogen) atoms. The summed E-state index contributed by atoms with van der Waals surface area (Å²) in [7, 11) is 0. The first-order valence-electron chi connectivity index (χ1n) is 9.43. The number of nitro benzene ring substituents is 1. The van der Waals surface area contributed by atoms with E-state index in [0.717, 1.165) is 5.56 Å². The van der Waals surface area contributed by atoms with Crippen LogP contribution in [0.3, 0.4) is 0 Å². The topological polar surface area (TPSA) is 132 Å². The van der Waals surface area contributed by atoms with E-state index in [-0.39, 0.29) is 29.5 Å². The van der Waals surface area contributed by atoms with Gasteiger partial charge in [0.25, 0.3) is 5.69 Å². The van der Waals surface area contributed by atoms with Crippen molar-refractivity contribution >= 4 is 17.3 Å². The smallest absolute Gasteiger partial charge is 0.269 e. The van der Waals surface area contributed by atoms with Gasteiger partial charge in [-0.05, 0) is 41.5 Å². The van der Waals surface area contributed by atoms with E-state index in [4.69, 9.17) is 26.8 Å². The molecule has 0 saturated heterocycles. The Kier molecular flexibility index (Phi) is 5.58. The number of nitriles is 1. The van der Waals surface area contributed by atoms with E-state index in [0.29, 0.717) is 27.6 Å². The number of hydrogen-bond acceptors (Lipinski definition) is 7. The third kappa shape index (κ3) is 4.02. The fourth-order valence-electron chi connectivity index (χ4n) is 3.48. The van der Waals surface area contributed by atoms with Gasteiger partial charge in [-0.3, -0.25) is 10.1 Å². The molecule has 3 aromatic carbocycles. The summed E-state index contributed by atoms with van der Waals surface area (Å²) in [5, 5.41) is 30.5. The molecule has 0 amide bonds. The van der Waals surface area contributed by atoms with Gasteiger partial charge in [-0.15, -0.1) is 0 Å². The number of non-ortho nitro benzene ring substituents is 1. The Labute approximate surface area is 187 Å². The second-order valence-electron chi connectivity index (χ2n) is 7.05. The molecule has 1 heterocycles. The number of nitro groups is 1. The number of phenols is 1. The van der Waals surface area contributed by atoms with Crippen molar-refractivity contribution in [3.63, 3.8) is 0 Å². The predicted octanol–water partition coefficient (Wildman–Crippen LogP) is 4.75. The molecule has 3 aromatic rings. The number of nitrogens with zero attached hydrogens (tertiary/aromatic N) is 2. The molecule has 0 radical (unpaired) electrons. The van der Waals surface area contributed by atoms with Gasteiger partial charge in [-0.25, -0.2) is 0 Å². The molecule has 9 heteroatoms. The Bertz CT molecular complexity index is 1280. The lowest BCUT2D eigenvalue weighted by Gasteiger charge is -2.26. The normalized spacial score (nSPS) is 14.8. The minimum atomic E-state index is -0.523. The number of allylic oxidation sites excluding steroid dienone is 1. The number of fused-ring (bicyclic) bond motifs is 1. The number of hydrogen-bond donors (Lipinski definition) is 2. The first-order chi connectivity index (χ1) is 15.4. The number of ether oxygens (including phenoxy) is 2. The van der Waals surface area contributed by atoms with Gasteiger partial charge in [0, 0.05) is 23.8 Å². The monoisotopic (exact) mass is 449 g/mol. The van der Waals surface area contributed by atoms with E-state index in [9.17, 15) is 20.5 Å². The van der Waals surface area contributed by atoms with Gasteiger partial charge in [0.15, 0.2) is 0 Å². The number of nitrogens with two attached hydrogens (primary N) is 1. The quantitative estimate of drug-likeness (QED) is 0.424. The van der Waals surface area contributed by atoms with E-state index >= 15 is 0 Å². The van der Waals surface area contributed by atoms with Crippen LogP contribution < -0.4 is 15.2 Å². The maximum atomic E-state index is 10.8. The van der Waals surface area contributed by atoms with Gasteiger partial charge in [-0.2, -0.15) is 5.26 Å². The summed E-state index contributed by atoms with van der Waals surface area (Å²) in [5.74, 6) is 0.239. The summed E-state index contributed by atoms with van der Waals surface area (Å²) >= 11 is 6.45.